The molecule has 0 amide bonds. The fourth-order valence-electron chi connectivity index (χ4n) is 1.63. The van der Waals surface area contributed by atoms with E-state index in [1.165, 1.54) is 11.1 Å². The van der Waals surface area contributed by atoms with Crippen molar-refractivity contribution >= 4 is 0 Å². The van der Waals surface area contributed by atoms with Crippen molar-refractivity contribution in [1.82, 2.24) is 0 Å². The molecule has 1 radical (unpaired) electrons. The second kappa shape index (κ2) is 5.36. The molecule has 0 fully saturated rings. The van der Waals surface area contributed by atoms with E-state index in [0.29, 0.717) is 6.61 Å². The van der Waals surface area contributed by atoms with Crippen LogP contribution in [-0.2, 0) is 6.42 Å². The normalized spacial score (nSPS) is 10.1. The molecule has 0 atom stereocenters. The summed E-state index contributed by atoms with van der Waals surface area (Å²) in [5.74, 6) is 0.934. The molecule has 0 heterocycles. The van der Waals surface area contributed by atoms with Gasteiger partial charge in [0.25, 0.3) is 0 Å². The van der Waals surface area contributed by atoms with E-state index < -0.39 is 0 Å². The predicted molar refractivity (Wildman–Crippen MR) is 65.7 cm³/mol. The highest BCUT2D eigenvalue weighted by molar-refractivity contribution is 5.31. The van der Waals surface area contributed by atoms with Crippen LogP contribution in [0, 0.1) is 6.07 Å². The van der Waals surface area contributed by atoms with Gasteiger partial charge in [0, 0.05) is 0 Å². The maximum absolute atomic E-state index is 5.40. The molecule has 1 nitrogen and oxygen atoms in total. The molecule has 81 valence electrons. The topological polar surface area (TPSA) is 9.23 Å². The minimum absolute atomic E-state index is 0.714. The van der Waals surface area contributed by atoms with Crippen LogP contribution in [-0.4, -0.2) is 6.61 Å². The van der Waals surface area contributed by atoms with Crippen LogP contribution in [0.3, 0.4) is 0 Å². The maximum Gasteiger partial charge on any atom is 0.119 e. The largest absolute Gasteiger partial charge is 0.494 e. The van der Waals surface area contributed by atoms with Crippen molar-refractivity contribution < 1.29 is 4.74 Å². The molecule has 0 bridgehead atoms. The van der Waals surface area contributed by atoms with Crippen molar-refractivity contribution in [3.8, 4) is 5.75 Å². The van der Waals surface area contributed by atoms with Gasteiger partial charge in [0.05, 0.1) is 6.61 Å². The summed E-state index contributed by atoms with van der Waals surface area (Å²) in [5.41, 5.74) is 2.50. The first-order chi connectivity index (χ1) is 7.88. The quantitative estimate of drug-likeness (QED) is 0.752. The highest BCUT2D eigenvalue weighted by atomic mass is 16.5. The first kappa shape index (κ1) is 10.7. The average molecular weight is 211 g/mol. The lowest BCUT2D eigenvalue weighted by molar-refractivity contribution is 0.340. The van der Waals surface area contributed by atoms with Gasteiger partial charge in [-0.05, 0) is 42.7 Å². The van der Waals surface area contributed by atoms with Gasteiger partial charge in [0.1, 0.15) is 5.75 Å². The zero-order valence-electron chi connectivity index (χ0n) is 9.44. The van der Waals surface area contributed by atoms with E-state index >= 15 is 0 Å². The molecule has 2 aromatic carbocycles. The standard InChI is InChI=1S/C15H15O/c1-2-16-15-10-8-14(9-11-15)12-13-6-4-3-5-7-13/h3-6,8-11H,2,12H2,1H3. The molecule has 16 heavy (non-hydrogen) atoms. The molecule has 1 heteroatoms. The lowest BCUT2D eigenvalue weighted by Gasteiger charge is -2.04. The van der Waals surface area contributed by atoms with Crippen molar-refractivity contribution in [3.63, 3.8) is 0 Å². The van der Waals surface area contributed by atoms with Gasteiger partial charge in [0.2, 0.25) is 0 Å². The molecule has 0 saturated heterocycles. The highest BCUT2D eigenvalue weighted by Crippen LogP contribution is 2.14. The minimum atomic E-state index is 0.714. The van der Waals surface area contributed by atoms with Gasteiger partial charge in [-0.2, -0.15) is 0 Å². The molecule has 0 saturated carbocycles. The molecule has 0 aromatic heterocycles. The van der Waals surface area contributed by atoms with Crippen molar-refractivity contribution in [3.05, 3.63) is 65.7 Å². The zero-order valence-corrected chi connectivity index (χ0v) is 9.44. The Morgan fingerprint density at radius 2 is 1.88 bits per heavy atom. The minimum Gasteiger partial charge on any atom is -0.494 e. The third-order valence-corrected chi connectivity index (χ3v) is 2.40. The van der Waals surface area contributed by atoms with Gasteiger partial charge >= 0.3 is 0 Å². The number of hydrogen-bond acceptors (Lipinski definition) is 1. The Morgan fingerprint density at radius 3 is 2.50 bits per heavy atom. The van der Waals surface area contributed by atoms with Gasteiger partial charge in [-0.25, -0.2) is 0 Å². The van der Waals surface area contributed by atoms with Crippen molar-refractivity contribution in [2.75, 3.05) is 6.61 Å². The summed E-state index contributed by atoms with van der Waals surface area (Å²) < 4.78 is 5.40. The molecular formula is C15H15O. The van der Waals surface area contributed by atoms with Crippen LogP contribution < -0.4 is 4.74 Å². The van der Waals surface area contributed by atoms with Gasteiger partial charge in [-0.1, -0.05) is 36.4 Å². The van der Waals surface area contributed by atoms with Crippen LogP contribution in [0.15, 0.2) is 48.5 Å². The summed E-state index contributed by atoms with van der Waals surface area (Å²) in [6.07, 6.45) is 0.924. The van der Waals surface area contributed by atoms with E-state index in [1.807, 2.05) is 37.3 Å². The van der Waals surface area contributed by atoms with Crippen LogP contribution in [0.1, 0.15) is 18.1 Å². The summed E-state index contributed by atoms with van der Waals surface area (Å²) in [6, 6.07) is 19.5. The molecule has 0 aliphatic carbocycles. The van der Waals surface area contributed by atoms with Gasteiger partial charge in [-0.15, -0.1) is 0 Å². The van der Waals surface area contributed by atoms with E-state index in [2.05, 4.69) is 24.3 Å². The Balaban J connectivity index is 2.05. The number of rotatable bonds is 4. The second-order valence-electron chi connectivity index (χ2n) is 3.64. The van der Waals surface area contributed by atoms with Gasteiger partial charge in [-0.3, -0.25) is 0 Å². The fourth-order valence-corrected chi connectivity index (χ4v) is 1.63. The van der Waals surface area contributed by atoms with E-state index in [9.17, 15) is 0 Å². The molecule has 0 unspecified atom stereocenters. The molecule has 2 rings (SSSR count). The zero-order chi connectivity index (χ0) is 11.2. The SMILES string of the molecule is CCOc1ccc(Cc2[c]cccc2)cc1. The smallest absolute Gasteiger partial charge is 0.119 e. The second-order valence-corrected chi connectivity index (χ2v) is 3.64. The Kier molecular flexibility index (Phi) is 3.60. The Labute approximate surface area is 96.7 Å². The predicted octanol–water partition coefficient (Wildman–Crippen LogP) is 3.48. The average Bonchev–Trinajstić information content (AvgIpc) is 2.33. The summed E-state index contributed by atoms with van der Waals surface area (Å²) in [5, 5.41) is 0. The number of hydrogen-bond donors (Lipinski definition) is 0. The summed E-state index contributed by atoms with van der Waals surface area (Å²) in [7, 11) is 0. The Morgan fingerprint density at radius 1 is 1.06 bits per heavy atom. The first-order valence-corrected chi connectivity index (χ1v) is 5.56. The van der Waals surface area contributed by atoms with E-state index in [0.717, 1.165) is 12.2 Å². The van der Waals surface area contributed by atoms with Gasteiger partial charge < -0.3 is 4.74 Å². The molecule has 0 spiro atoms. The lowest BCUT2D eigenvalue weighted by Crippen LogP contribution is -1.92. The molecular weight excluding hydrogens is 196 g/mol. The Bertz CT molecular complexity index is 417. The van der Waals surface area contributed by atoms with Crippen LogP contribution in [0.4, 0.5) is 0 Å². The fraction of sp³-hybridized carbons (Fsp3) is 0.200. The Hall–Kier alpha value is -1.76. The summed E-state index contributed by atoms with van der Waals surface area (Å²) in [6.45, 7) is 2.71. The monoisotopic (exact) mass is 211 g/mol. The third kappa shape index (κ3) is 2.86. The number of ether oxygens (including phenoxy) is 1. The van der Waals surface area contributed by atoms with Crippen LogP contribution in [0.5, 0.6) is 5.75 Å². The third-order valence-electron chi connectivity index (χ3n) is 2.40. The van der Waals surface area contributed by atoms with E-state index in [-0.39, 0.29) is 0 Å². The first-order valence-electron chi connectivity index (χ1n) is 5.56. The van der Waals surface area contributed by atoms with Crippen LogP contribution in [0.2, 0.25) is 0 Å². The summed E-state index contributed by atoms with van der Waals surface area (Å²) >= 11 is 0. The lowest BCUT2D eigenvalue weighted by atomic mass is 10.1. The molecule has 0 N–H and O–H groups in total. The van der Waals surface area contributed by atoms with E-state index in [1.54, 1.807) is 0 Å². The molecule has 0 aliphatic heterocycles. The van der Waals surface area contributed by atoms with Crippen LogP contribution >= 0.6 is 0 Å². The van der Waals surface area contributed by atoms with Crippen LogP contribution in [0.25, 0.3) is 0 Å². The van der Waals surface area contributed by atoms with E-state index in [4.69, 9.17) is 4.74 Å². The maximum atomic E-state index is 5.40. The summed E-state index contributed by atoms with van der Waals surface area (Å²) in [4.78, 5) is 0. The van der Waals surface area contributed by atoms with Crippen molar-refractivity contribution in [1.29, 1.82) is 0 Å². The number of benzene rings is 2. The van der Waals surface area contributed by atoms with Crippen molar-refractivity contribution in [2.45, 2.75) is 13.3 Å². The van der Waals surface area contributed by atoms with Gasteiger partial charge in [0.15, 0.2) is 0 Å². The molecule has 0 aliphatic rings. The molecule has 2 aromatic rings. The highest BCUT2D eigenvalue weighted by Gasteiger charge is 1.96. The van der Waals surface area contributed by atoms with Crippen molar-refractivity contribution in [2.24, 2.45) is 0 Å².